The van der Waals surface area contributed by atoms with Crippen LogP contribution in [0.5, 0.6) is 0 Å². The van der Waals surface area contributed by atoms with Crippen LogP contribution in [0.15, 0.2) is 21.4 Å². The molecule has 0 fully saturated rings. The van der Waals surface area contributed by atoms with E-state index in [1.165, 1.54) is 0 Å². The number of aromatic amines is 1. The average molecular weight is 382 g/mol. The Balaban J connectivity index is 2.08. The van der Waals surface area contributed by atoms with Gasteiger partial charge in [-0.3, -0.25) is 9.47 Å². The molecular weight excluding hydrogens is 362 g/mol. The average Bonchev–Trinajstić information content (AvgIpc) is 2.63. The van der Waals surface area contributed by atoms with Crippen LogP contribution in [0.1, 0.15) is 33.3 Å². The van der Waals surface area contributed by atoms with Crippen LogP contribution in [0.3, 0.4) is 0 Å². The van der Waals surface area contributed by atoms with E-state index in [2.05, 4.69) is 20.9 Å². The van der Waals surface area contributed by atoms with E-state index in [9.17, 15) is 9.59 Å². The molecule has 0 radical (unpaired) electrons. The molecule has 0 spiro atoms. The second-order valence-electron chi connectivity index (χ2n) is 6.92. The molecule has 23 heavy (non-hydrogen) atoms. The molecule has 3 rings (SSSR count). The molecule has 1 amide bonds. The standard InChI is InChI=1S/C16H20BrN3O3/c1-9-7-20-13-10(8-19(9)15(22)23-16(2,3)4)11(17)5-6-12(13)18-14(20)21/h5-6,9H,7-8H2,1-4H3,(H,18,21)/t9-/m0/s1. The van der Waals surface area contributed by atoms with Gasteiger partial charge in [0.25, 0.3) is 0 Å². The maximum absolute atomic E-state index is 12.6. The Labute approximate surface area is 142 Å². The highest BCUT2D eigenvalue weighted by atomic mass is 79.9. The van der Waals surface area contributed by atoms with Crippen molar-refractivity contribution >= 4 is 33.1 Å². The summed E-state index contributed by atoms with van der Waals surface area (Å²) >= 11 is 3.54. The Morgan fingerprint density at radius 2 is 2.09 bits per heavy atom. The number of rotatable bonds is 0. The van der Waals surface area contributed by atoms with Gasteiger partial charge < -0.3 is 9.72 Å². The van der Waals surface area contributed by atoms with Crippen LogP contribution in [0.4, 0.5) is 4.79 Å². The molecule has 1 aliphatic heterocycles. The van der Waals surface area contributed by atoms with Gasteiger partial charge in [-0.05, 0) is 39.8 Å². The summed E-state index contributed by atoms with van der Waals surface area (Å²) in [6, 6.07) is 3.61. The Kier molecular flexibility index (Phi) is 3.78. The number of hydrogen-bond donors (Lipinski definition) is 1. The first kappa shape index (κ1) is 16.1. The van der Waals surface area contributed by atoms with Gasteiger partial charge in [0, 0.05) is 16.6 Å². The van der Waals surface area contributed by atoms with Crippen molar-refractivity contribution in [1.82, 2.24) is 14.5 Å². The first-order chi connectivity index (χ1) is 10.7. The van der Waals surface area contributed by atoms with Crippen molar-refractivity contribution in [3.63, 3.8) is 0 Å². The number of nitrogens with zero attached hydrogens (tertiary/aromatic N) is 2. The van der Waals surface area contributed by atoms with Gasteiger partial charge in [0.05, 0.1) is 23.6 Å². The maximum atomic E-state index is 12.6. The lowest BCUT2D eigenvalue weighted by Crippen LogP contribution is -2.43. The van der Waals surface area contributed by atoms with Gasteiger partial charge in [-0.15, -0.1) is 0 Å². The summed E-state index contributed by atoms with van der Waals surface area (Å²) in [5.74, 6) is 0. The predicted molar refractivity (Wildman–Crippen MR) is 91.5 cm³/mol. The molecule has 1 atom stereocenters. The largest absolute Gasteiger partial charge is 0.444 e. The Morgan fingerprint density at radius 3 is 2.74 bits per heavy atom. The third-order valence-corrected chi connectivity index (χ3v) is 4.66. The number of halogens is 1. The molecular formula is C16H20BrN3O3. The fourth-order valence-corrected chi connectivity index (χ4v) is 3.33. The number of carbonyl (C=O) groups excluding carboxylic acids is 1. The van der Waals surface area contributed by atoms with Gasteiger partial charge in [0.2, 0.25) is 0 Å². The fourth-order valence-electron chi connectivity index (χ4n) is 2.88. The van der Waals surface area contributed by atoms with E-state index in [0.29, 0.717) is 13.1 Å². The summed E-state index contributed by atoms with van der Waals surface area (Å²) in [7, 11) is 0. The van der Waals surface area contributed by atoms with E-state index in [4.69, 9.17) is 4.74 Å². The van der Waals surface area contributed by atoms with Crippen LogP contribution < -0.4 is 5.69 Å². The molecule has 7 heteroatoms. The van der Waals surface area contributed by atoms with Gasteiger partial charge in [-0.2, -0.15) is 0 Å². The first-order valence-corrected chi connectivity index (χ1v) is 8.36. The highest BCUT2D eigenvalue weighted by Gasteiger charge is 2.31. The van der Waals surface area contributed by atoms with E-state index < -0.39 is 5.60 Å². The molecule has 0 saturated carbocycles. The molecule has 2 aromatic rings. The van der Waals surface area contributed by atoms with Crippen LogP contribution in [-0.4, -0.2) is 32.2 Å². The van der Waals surface area contributed by atoms with Crippen molar-refractivity contribution in [3.8, 4) is 0 Å². The number of ether oxygens (including phenoxy) is 1. The monoisotopic (exact) mass is 381 g/mol. The van der Waals surface area contributed by atoms with Gasteiger partial charge >= 0.3 is 11.8 Å². The highest BCUT2D eigenvalue weighted by molar-refractivity contribution is 9.10. The zero-order valence-corrected chi connectivity index (χ0v) is 15.2. The highest BCUT2D eigenvalue weighted by Crippen LogP contribution is 2.30. The van der Waals surface area contributed by atoms with E-state index in [-0.39, 0.29) is 17.8 Å². The summed E-state index contributed by atoms with van der Waals surface area (Å²) in [5, 5.41) is 0. The van der Waals surface area contributed by atoms with E-state index in [1.54, 1.807) is 9.47 Å². The minimum absolute atomic E-state index is 0.152. The van der Waals surface area contributed by atoms with Gasteiger partial charge in [0.15, 0.2) is 0 Å². The van der Waals surface area contributed by atoms with Crippen molar-refractivity contribution in [2.75, 3.05) is 0 Å². The lowest BCUT2D eigenvalue weighted by Gasteiger charge is -2.30. The van der Waals surface area contributed by atoms with E-state index in [0.717, 1.165) is 21.1 Å². The zero-order valence-electron chi connectivity index (χ0n) is 13.6. The molecule has 124 valence electrons. The number of hydrogen-bond acceptors (Lipinski definition) is 3. The molecule has 1 aromatic heterocycles. The number of carbonyl (C=O) groups is 1. The summed E-state index contributed by atoms with van der Waals surface area (Å²) < 4.78 is 8.10. The van der Waals surface area contributed by atoms with Gasteiger partial charge in [-0.1, -0.05) is 15.9 Å². The number of amides is 1. The third kappa shape index (κ3) is 2.89. The minimum Gasteiger partial charge on any atom is -0.444 e. The number of imidazole rings is 1. The molecule has 1 aliphatic rings. The summed E-state index contributed by atoms with van der Waals surface area (Å²) in [6.45, 7) is 8.29. The number of benzene rings is 1. The first-order valence-electron chi connectivity index (χ1n) is 7.57. The Morgan fingerprint density at radius 1 is 1.39 bits per heavy atom. The fraction of sp³-hybridized carbons (Fsp3) is 0.500. The van der Waals surface area contributed by atoms with E-state index in [1.807, 2.05) is 39.8 Å². The second kappa shape index (κ2) is 5.40. The topological polar surface area (TPSA) is 67.3 Å². The summed E-state index contributed by atoms with van der Waals surface area (Å²) in [5.41, 5.74) is 1.83. The van der Waals surface area contributed by atoms with Crippen molar-refractivity contribution in [1.29, 1.82) is 0 Å². The molecule has 0 bridgehead atoms. The normalized spacial score (nSPS) is 18.1. The van der Waals surface area contributed by atoms with Crippen LogP contribution >= 0.6 is 15.9 Å². The summed E-state index contributed by atoms with van der Waals surface area (Å²) in [4.78, 5) is 29.3. The Hall–Kier alpha value is -1.76. The van der Waals surface area contributed by atoms with Crippen molar-refractivity contribution < 1.29 is 9.53 Å². The lowest BCUT2D eigenvalue weighted by molar-refractivity contribution is 0.0147. The number of aromatic nitrogens is 2. The number of H-pyrrole nitrogens is 1. The SMILES string of the molecule is C[C@H]1Cn2c(=O)[nH]c3ccc(Br)c(c32)CN1C(=O)OC(C)(C)C. The third-order valence-electron chi connectivity index (χ3n) is 3.92. The molecule has 1 N–H and O–H groups in total. The van der Waals surface area contributed by atoms with E-state index >= 15 is 0 Å². The van der Waals surface area contributed by atoms with Crippen molar-refractivity contribution in [3.05, 3.63) is 32.7 Å². The molecule has 0 saturated heterocycles. The maximum Gasteiger partial charge on any atom is 0.410 e. The zero-order chi connectivity index (χ0) is 16.9. The molecule has 0 unspecified atom stereocenters. The Bertz CT molecular complexity index is 831. The van der Waals surface area contributed by atoms with Crippen molar-refractivity contribution in [2.24, 2.45) is 0 Å². The van der Waals surface area contributed by atoms with Crippen LogP contribution in [-0.2, 0) is 17.8 Å². The number of nitrogens with one attached hydrogen (secondary N) is 1. The minimum atomic E-state index is -0.556. The molecule has 0 aliphatic carbocycles. The quantitative estimate of drug-likeness (QED) is 0.761. The predicted octanol–water partition coefficient (Wildman–Crippen LogP) is 3.23. The van der Waals surface area contributed by atoms with Crippen LogP contribution in [0.25, 0.3) is 11.0 Å². The summed E-state index contributed by atoms with van der Waals surface area (Å²) in [6.07, 6.45) is -0.365. The lowest BCUT2D eigenvalue weighted by atomic mass is 10.1. The second-order valence-corrected chi connectivity index (χ2v) is 7.77. The molecule has 2 heterocycles. The molecule has 1 aromatic carbocycles. The van der Waals surface area contributed by atoms with Crippen molar-refractivity contribution in [2.45, 2.75) is 52.4 Å². The molecule has 6 nitrogen and oxygen atoms in total. The van der Waals surface area contributed by atoms with Crippen LogP contribution in [0, 0.1) is 0 Å². The van der Waals surface area contributed by atoms with Crippen LogP contribution in [0.2, 0.25) is 0 Å². The smallest absolute Gasteiger partial charge is 0.410 e. The van der Waals surface area contributed by atoms with Gasteiger partial charge in [0.1, 0.15) is 5.60 Å². The van der Waals surface area contributed by atoms with Gasteiger partial charge in [-0.25, -0.2) is 9.59 Å².